The molecule has 0 fully saturated rings. The van der Waals surface area contributed by atoms with Gasteiger partial charge in [-0.05, 0) is 29.8 Å². The molecule has 1 amide bonds. The van der Waals surface area contributed by atoms with E-state index in [1.165, 1.54) is 0 Å². The molecule has 134 valence electrons. The van der Waals surface area contributed by atoms with Crippen molar-refractivity contribution in [3.05, 3.63) is 65.4 Å². The predicted octanol–water partition coefficient (Wildman–Crippen LogP) is 2.08. The Hall–Kier alpha value is -3.13. The van der Waals surface area contributed by atoms with Crippen molar-refractivity contribution in [3.8, 4) is 5.75 Å². The molecule has 0 spiro atoms. The average molecular weight is 354 g/mol. The first kappa shape index (κ1) is 16.3. The molecular weight excluding hydrogens is 336 g/mol. The zero-order valence-electron chi connectivity index (χ0n) is 14.2. The minimum Gasteiger partial charge on any atom is -0.497 e. The van der Waals surface area contributed by atoms with Crippen LogP contribution >= 0.6 is 0 Å². The molecule has 1 aliphatic heterocycles. The minimum atomic E-state index is -0.297. The molecule has 0 radical (unpaired) electrons. The van der Waals surface area contributed by atoms with Gasteiger partial charge in [0.15, 0.2) is 5.69 Å². The molecule has 0 unspecified atom stereocenters. The van der Waals surface area contributed by atoms with Crippen LogP contribution in [0.2, 0.25) is 0 Å². The average Bonchev–Trinajstić information content (AvgIpc) is 3.35. The van der Waals surface area contributed by atoms with E-state index in [9.17, 15) is 4.79 Å². The van der Waals surface area contributed by atoms with Crippen molar-refractivity contribution in [1.29, 1.82) is 0 Å². The summed E-state index contributed by atoms with van der Waals surface area (Å²) in [7, 11) is 1.63. The highest BCUT2D eigenvalue weighted by atomic mass is 16.5. The maximum absolute atomic E-state index is 12.4. The Balaban J connectivity index is 1.45. The molecule has 3 heterocycles. The van der Waals surface area contributed by atoms with E-state index in [1.807, 2.05) is 24.3 Å². The van der Waals surface area contributed by atoms with Crippen LogP contribution in [0.25, 0.3) is 0 Å². The highest BCUT2D eigenvalue weighted by Gasteiger charge is 2.27. The molecule has 3 aromatic rings. The number of furan rings is 1. The monoisotopic (exact) mass is 354 g/mol. The number of fused-ring (bicyclic) bond motifs is 1. The summed E-state index contributed by atoms with van der Waals surface area (Å²) < 4.78 is 18.0. The maximum Gasteiger partial charge on any atom is 0.274 e. The smallest absolute Gasteiger partial charge is 0.274 e. The summed E-state index contributed by atoms with van der Waals surface area (Å²) in [6, 6.07) is 11.3. The zero-order valence-corrected chi connectivity index (χ0v) is 14.2. The zero-order chi connectivity index (χ0) is 17.9. The number of ether oxygens (including phenoxy) is 2. The predicted molar refractivity (Wildman–Crippen MR) is 90.4 cm³/mol. The van der Waals surface area contributed by atoms with Crippen molar-refractivity contribution in [3.63, 3.8) is 0 Å². The van der Waals surface area contributed by atoms with Crippen LogP contribution in [0.4, 0.5) is 0 Å². The Labute approximate surface area is 149 Å². The fourth-order valence-electron chi connectivity index (χ4n) is 2.87. The first-order valence-corrected chi connectivity index (χ1v) is 8.23. The lowest BCUT2D eigenvalue weighted by atomic mass is 10.1. The van der Waals surface area contributed by atoms with Crippen molar-refractivity contribution in [1.82, 2.24) is 20.3 Å². The number of nitrogens with zero attached hydrogens (tertiary/aromatic N) is 3. The number of aromatic nitrogens is 3. The van der Waals surface area contributed by atoms with Gasteiger partial charge in [-0.25, -0.2) is 4.68 Å². The first-order valence-electron chi connectivity index (χ1n) is 8.23. The normalized spacial score (nSPS) is 16.1. The SMILES string of the molecule is COc1ccc([C@H]2Cn3nnc(C(=O)NCc4ccco4)c3CO2)cc1. The molecular formula is C18H18N4O4. The molecule has 1 atom stereocenters. The first-order chi connectivity index (χ1) is 12.7. The highest BCUT2D eigenvalue weighted by molar-refractivity contribution is 5.93. The number of methoxy groups -OCH3 is 1. The lowest BCUT2D eigenvalue weighted by molar-refractivity contribution is -0.00179. The minimum absolute atomic E-state index is 0.144. The molecule has 8 nitrogen and oxygen atoms in total. The maximum atomic E-state index is 12.4. The van der Waals surface area contributed by atoms with Crippen molar-refractivity contribution < 1.29 is 18.7 Å². The van der Waals surface area contributed by atoms with Gasteiger partial charge < -0.3 is 19.2 Å². The quantitative estimate of drug-likeness (QED) is 0.754. The number of carbonyl (C=O) groups excluding carboxylic acids is 1. The molecule has 0 aliphatic carbocycles. The van der Waals surface area contributed by atoms with Crippen LogP contribution < -0.4 is 10.1 Å². The third kappa shape index (κ3) is 3.18. The van der Waals surface area contributed by atoms with Gasteiger partial charge >= 0.3 is 0 Å². The van der Waals surface area contributed by atoms with Gasteiger partial charge in [0.2, 0.25) is 0 Å². The van der Waals surface area contributed by atoms with Gasteiger partial charge in [0.1, 0.15) is 17.6 Å². The van der Waals surface area contributed by atoms with Crippen molar-refractivity contribution in [2.75, 3.05) is 7.11 Å². The van der Waals surface area contributed by atoms with Crippen molar-refractivity contribution in [2.24, 2.45) is 0 Å². The number of benzene rings is 1. The lowest BCUT2D eigenvalue weighted by Crippen LogP contribution is -2.27. The fraction of sp³-hybridized carbons (Fsp3) is 0.278. The molecule has 4 rings (SSSR count). The number of nitrogens with one attached hydrogen (secondary N) is 1. The second-order valence-corrected chi connectivity index (χ2v) is 5.90. The van der Waals surface area contributed by atoms with Gasteiger partial charge in [0.05, 0.1) is 38.8 Å². The topological polar surface area (TPSA) is 91.4 Å². The van der Waals surface area contributed by atoms with Crippen LogP contribution in [0.3, 0.4) is 0 Å². The standard InChI is InChI=1S/C18H18N4O4/c1-24-13-6-4-12(5-7-13)16-10-22-15(11-26-16)17(20-21-22)18(23)19-9-14-3-2-8-25-14/h2-8,16H,9-11H2,1H3,(H,19,23)/t16-/m1/s1. The van der Waals surface area contributed by atoms with Crippen LogP contribution in [0.15, 0.2) is 47.1 Å². The number of hydrogen-bond donors (Lipinski definition) is 1. The molecule has 26 heavy (non-hydrogen) atoms. The van der Waals surface area contributed by atoms with Crippen LogP contribution in [-0.2, 0) is 24.4 Å². The third-order valence-electron chi connectivity index (χ3n) is 4.30. The Morgan fingerprint density at radius 3 is 2.92 bits per heavy atom. The van der Waals surface area contributed by atoms with Gasteiger partial charge in [-0.3, -0.25) is 4.79 Å². The number of hydrogen-bond acceptors (Lipinski definition) is 6. The van der Waals surface area contributed by atoms with E-state index in [1.54, 1.807) is 30.2 Å². The van der Waals surface area contributed by atoms with E-state index >= 15 is 0 Å². The molecule has 0 saturated heterocycles. The fourth-order valence-corrected chi connectivity index (χ4v) is 2.87. The summed E-state index contributed by atoms with van der Waals surface area (Å²) in [6.07, 6.45) is 1.42. The van der Waals surface area contributed by atoms with Crippen LogP contribution in [-0.4, -0.2) is 28.0 Å². The third-order valence-corrected chi connectivity index (χ3v) is 4.30. The highest BCUT2D eigenvalue weighted by Crippen LogP contribution is 2.28. The van der Waals surface area contributed by atoms with Gasteiger partial charge in [-0.1, -0.05) is 17.3 Å². The van der Waals surface area contributed by atoms with E-state index in [0.717, 1.165) is 11.3 Å². The molecule has 1 aliphatic rings. The molecule has 1 aromatic carbocycles. The molecule has 8 heteroatoms. The number of rotatable bonds is 5. The second kappa shape index (κ2) is 7.01. The summed E-state index contributed by atoms with van der Waals surface area (Å²) in [5.41, 5.74) is 1.98. The van der Waals surface area contributed by atoms with Crippen LogP contribution in [0.1, 0.15) is 33.6 Å². The molecule has 2 aromatic heterocycles. The Morgan fingerprint density at radius 2 is 2.19 bits per heavy atom. The molecule has 1 N–H and O–H groups in total. The van der Waals surface area contributed by atoms with Gasteiger partial charge in [-0.15, -0.1) is 5.10 Å². The van der Waals surface area contributed by atoms with Crippen LogP contribution in [0, 0.1) is 0 Å². The van der Waals surface area contributed by atoms with Gasteiger partial charge in [0.25, 0.3) is 5.91 Å². The van der Waals surface area contributed by atoms with Crippen molar-refractivity contribution >= 4 is 5.91 Å². The van der Waals surface area contributed by atoms with E-state index in [4.69, 9.17) is 13.9 Å². The van der Waals surface area contributed by atoms with E-state index < -0.39 is 0 Å². The summed E-state index contributed by atoms with van der Waals surface area (Å²) in [4.78, 5) is 12.4. The second-order valence-electron chi connectivity index (χ2n) is 5.90. The summed E-state index contributed by atoms with van der Waals surface area (Å²) in [5, 5.41) is 10.9. The summed E-state index contributed by atoms with van der Waals surface area (Å²) in [5.74, 6) is 1.17. The number of carbonyl (C=O) groups is 1. The van der Waals surface area contributed by atoms with Gasteiger partial charge in [0, 0.05) is 0 Å². The lowest BCUT2D eigenvalue weighted by Gasteiger charge is -2.24. The Morgan fingerprint density at radius 1 is 1.35 bits per heavy atom. The largest absolute Gasteiger partial charge is 0.497 e. The molecule has 0 saturated carbocycles. The van der Waals surface area contributed by atoms with E-state index in [-0.39, 0.29) is 24.3 Å². The Kier molecular flexibility index (Phi) is 4.40. The number of amides is 1. The Bertz CT molecular complexity index is 887. The van der Waals surface area contributed by atoms with Gasteiger partial charge in [-0.2, -0.15) is 0 Å². The van der Waals surface area contributed by atoms with Crippen LogP contribution in [0.5, 0.6) is 5.75 Å². The van der Waals surface area contributed by atoms with E-state index in [2.05, 4.69) is 15.6 Å². The summed E-state index contributed by atoms with van der Waals surface area (Å²) >= 11 is 0. The summed E-state index contributed by atoms with van der Waals surface area (Å²) in [6.45, 7) is 1.07. The van der Waals surface area contributed by atoms with Crippen molar-refractivity contribution in [2.45, 2.75) is 25.8 Å². The molecule has 0 bridgehead atoms. The van der Waals surface area contributed by atoms with E-state index in [0.29, 0.717) is 24.5 Å².